The highest BCUT2D eigenvalue weighted by atomic mass is 79.9. The summed E-state index contributed by atoms with van der Waals surface area (Å²) >= 11 is 3.22. The molecule has 2 aromatic rings. The number of aromatic nitrogens is 1. The highest BCUT2D eigenvalue weighted by Crippen LogP contribution is 2.26. The van der Waals surface area contributed by atoms with Gasteiger partial charge in [-0.15, -0.1) is 0 Å². The fourth-order valence-corrected chi connectivity index (χ4v) is 1.69. The molecule has 0 bridgehead atoms. The summed E-state index contributed by atoms with van der Waals surface area (Å²) in [4.78, 5) is 3.93. The van der Waals surface area contributed by atoms with E-state index in [-0.39, 0.29) is 17.5 Å². The summed E-state index contributed by atoms with van der Waals surface area (Å²) in [5.74, 6) is -0.430. The van der Waals surface area contributed by atoms with Crippen LogP contribution in [0.25, 0.3) is 0 Å². The van der Waals surface area contributed by atoms with E-state index in [1.165, 1.54) is 24.4 Å². The Hall–Kier alpha value is -2.15. The van der Waals surface area contributed by atoms with E-state index in [0.717, 1.165) is 0 Å². The van der Waals surface area contributed by atoms with E-state index in [1.54, 1.807) is 12.1 Å². The summed E-state index contributed by atoms with van der Waals surface area (Å²) in [7, 11) is 0. The van der Waals surface area contributed by atoms with Gasteiger partial charge in [-0.25, -0.2) is 9.37 Å². The average Bonchev–Trinajstić information content (AvgIpc) is 2.42. The Kier molecular flexibility index (Phi) is 3.96. The molecule has 0 atom stereocenters. The number of nitrogens with zero attached hydrogens (tertiary/aromatic N) is 2. The third kappa shape index (κ3) is 3.19. The van der Waals surface area contributed by atoms with E-state index in [1.807, 2.05) is 0 Å². The molecular formula is C12H9BrFN3O2. The van der Waals surface area contributed by atoms with E-state index in [0.29, 0.717) is 10.0 Å². The van der Waals surface area contributed by atoms with Gasteiger partial charge in [0.15, 0.2) is 17.4 Å². The summed E-state index contributed by atoms with van der Waals surface area (Å²) in [5.41, 5.74) is 5.87. The number of nitrogens with two attached hydrogens (primary N) is 1. The van der Waals surface area contributed by atoms with Crippen LogP contribution in [0.4, 0.5) is 4.39 Å². The molecule has 0 aliphatic rings. The maximum atomic E-state index is 13.5. The van der Waals surface area contributed by atoms with Gasteiger partial charge in [-0.2, -0.15) is 0 Å². The quantitative estimate of drug-likeness (QED) is 0.393. The molecular weight excluding hydrogens is 317 g/mol. The fraction of sp³-hybridized carbons (Fsp3) is 0. The molecule has 0 aliphatic heterocycles. The summed E-state index contributed by atoms with van der Waals surface area (Å²) in [6.07, 6.45) is 1.42. The van der Waals surface area contributed by atoms with Gasteiger partial charge in [-0.3, -0.25) is 0 Å². The predicted molar refractivity (Wildman–Crippen MR) is 70.9 cm³/mol. The Bertz CT molecular complexity index is 634. The van der Waals surface area contributed by atoms with E-state index in [4.69, 9.17) is 15.7 Å². The van der Waals surface area contributed by atoms with Crippen LogP contribution in [0.2, 0.25) is 0 Å². The zero-order chi connectivity index (χ0) is 13.8. The Labute approximate surface area is 116 Å². The standard InChI is InChI=1S/C12H9BrFN3O2/c13-8-1-2-9(14)10(6-8)19-11-5-7(3-4-16-11)12(15)17-18/h1-6,18H,(H2,15,17). The zero-order valence-corrected chi connectivity index (χ0v) is 11.1. The van der Waals surface area contributed by atoms with Crippen LogP contribution in [0.1, 0.15) is 5.56 Å². The van der Waals surface area contributed by atoms with Gasteiger partial charge in [0.1, 0.15) is 0 Å². The van der Waals surface area contributed by atoms with Gasteiger partial charge in [-0.1, -0.05) is 21.1 Å². The molecule has 7 heteroatoms. The van der Waals surface area contributed by atoms with Crippen molar-refractivity contribution in [2.24, 2.45) is 10.9 Å². The lowest BCUT2D eigenvalue weighted by atomic mass is 10.2. The second-order valence-electron chi connectivity index (χ2n) is 3.54. The molecule has 19 heavy (non-hydrogen) atoms. The van der Waals surface area contributed by atoms with Gasteiger partial charge in [-0.05, 0) is 24.3 Å². The molecule has 5 nitrogen and oxygen atoms in total. The number of hydrogen-bond donors (Lipinski definition) is 2. The first kappa shape index (κ1) is 13.3. The first-order valence-corrected chi connectivity index (χ1v) is 5.96. The van der Waals surface area contributed by atoms with Crippen molar-refractivity contribution in [3.8, 4) is 11.6 Å². The van der Waals surface area contributed by atoms with E-state index in [9.17, 15) is 4.39 Å². The maximum absolute atomic E-state index is 13.5. The molecule has 3 N–H and O–H groups in total. The topological polar surface area (TPSA) is 80.7 Å². The van der Waals surface area contributed by atoms with Crippen LogP contribution in [-0.2, 0) is 0 Å². The highest BCUT2D eigenvalue weighted by Gasteiger charge is 2.08. The second-order valence-corrected chi connectivity index (χ2v) is 4.46. The second kappa shape index (κ2) is 5.66. The number of ether oxygens (including phenoxy) is 1. The first-order chi connectivity index (χ1) is 9.10. The zero-order valence-electron chi connectivity index (χ0n) is 9.55. The third-order valence-corrected chi connectivity index (χ3v) is 2.74. The lowest BCUT2D eigenvalue weighted by molar-refractivity contribution is 0.318. The van der Waals surface area contributed by atoms with Gasteiger partial charge in [0, 0.05) is 22.3 Å². The van der Waals surface area contributed by atoms with Crippen molar-refractivity contribution in [1.29, 1.82) is 0 Å². The van der Waals surface area contributed by atoms with E-state index < -0.39 is 5.82 Å². The Balaban J connectivity index is 2.31. The first-order valence-electron chi connectivity index (χ1n) is 5.17. The van der Waals surface area contributed by atoms with Crippen molar-refractivity contribution in [3.05, 3.63) is 52.4 Å². The van der Waals surface area contributed by atoms with Crippen molar-refractivity contribution in [1.82, 2.24) is 4.98 Å². The largest absolute Gasteiger partial charge is 0.436 e. The van der Waals surface area contributed by atoms with Crippen molar-refractivity contribution in [2.75, 3.05) is 0 Å². The van der Waals surface area contributed by atoms with Crippen LogP contribution >= 0.6 is 15.9 Å². The minimum Gasteiger partial charge on any atom is -0.436 e. The molecule has 0 radical (unpaired) electrons. The van der Waals surface area contributed by atoms with Crippen LogP contribution in [0.3, 0.4) is 0 Å². The van der Waals surface area contributed by atoms with Gasteiger partial charge in [0.25, 0.3) is 0 Å². The van der Waals surface area contributed by atoms with Crippen LogP contribution in [-0.4, -0.2) is 16.0 Å². The smallest absolute Gasteiger partial charge is 0.220 e. The number of hydrogen-bond acceptors (Lipinski definition) is 4. The van der Waals surface area contributed by atoms with Crippen LogP contribution in [0.5, 0.6) is 11.6 Å². The summed E-state index contributed by atoms with van der Waals surface area (Å²) in [6, 6.07) is 7.29. The maximum Gasteiger partial charge on any atom is 0.220 e. The number of amidine groups is 1. The van der Waals surface area contributed by atoms with Gasteiger partial charge in [0.05, 0.1) is 0 Å². The number of rotatable bonds is 3. The minimum atomic E-state index is -0.515. The molecule has 0 amide bonds. The Morgan fingerprint density at radius 1 is 1.37 bits per heavy atom. The molecule has 2 rings (SSSR count). The Morgan fingerprint density at radius 3 is 2.89 bits per heavy atom. The SMILES string of the molecule is N/C(=N/O)c1ccnc(Oc2cc(Br)ccc2F)c1. The van der Waals surface area contributed by atoms with Crippen LogP contribution < -0.4 is 10.5 Å². The monoisotopic (exact) mass is 325 g/mol. The van der Waals surface area contributed by atoms with Crippen molar-refractivity contribution in [2.45, 2.75) is 0 Å². The van der Waals surface area contributed by atoms with Gasteiger partial charge >= 0.3 is 0 Å². The molecule has 98 valence electrons. The van der Waals surface area contributed by atoms with E-state index >= 15 is 0 Å². The minimum absolute atomic E-state index is 0.0264. The number of halogens is 2. The normalized spacial score (nSPS) is 11.4. The molecule has 0 spiro atoms. The summed E-state index contributed by atoms with van der Waals surface area (Å²) in [6.45, 7) is 0. The number of pyridine rings is 1. The molecule has 0 unspecified atom stereocenters. The molecule has 0 saturated heterocycles. The van der Waals surface area contributed by atoms with Gasteiger partial charge in [0.2, 0.25) is 5.88 Å². The predicted octanol–water partition coefficient (Wildman–Crippen LogP) is 2.87. The number of benzene rings is 1. The fourth-order valence-electron chi connectivity index (χ4n) is 1.35. The summed E-state index contributed by atoms with van der Waals surface area (Å²) in [5, 5.41) is 11.5. The molecule has 0 aliphatic carbocycles. The molecule has 0 fully saturated rings. The van der Waals surface area contributed by atoms with Crippen molar-refractivity contribution in [3.63, 3.8) is 0 Å². The lowest BCUT2D eigenvalue weighted by Gasteiger charge is -2.07. The average molecular weight is 326 g/mol. The molecule has 1 aromatic heterocycles. The number of oxime groups is 1. The van der Waals surface area contributed by atoms with Gasteiger partial charge < -0.3 is 15.7 Å². The van der Waals surface area contributed by atoms with Crippen LogP contribution in [0, 0.1) is 5.82 Å². The Morgan fingerprint density at radius 2 is 2.16 bits per heavy atom. The van der Waals surface area contributed by atoms with Crippen LogP contribution in [0.15, 0.2) is 46.2 Å². The molecule has 1 aromatic carbocycles. The highest BCUT2D eigenvalue weighted by molar-refractivity contribution is 9.10. The molecule has 1 heterocycles. The third-order valence-electron chi connectivity index (χ3n) is 2.25. The van der Waals surface area contributed by atoms with E-state index in [2.05, 4.69) is 26.1 Å². The van der Waals surface area contributed by atoms with Crippen molar-refractivity contribution < 1.29 is 14.3 Å². The lowest BCUT2D eigenvalue weighted by Crippen LogP contribution is -2.13. The molecule has 0 saturated carbocycles. The van der Waals surface area contributed by atoms with Crippen molar-refractivity contribution >= 4 is 21.8 Å². The summed E-state index contributed by atoms with van der Waals surface area (Å²) < 4.78 is 19.5.